The van der Waals surface area contributed by atoms with Crippen molar-refractivity contribution in [2.45, 2.75) is 51.7 Å². The maximum absolute atomic E-state index is 11.9. The molecule has 0 aliphatic heterocycles. The molecule has 0 aromatic carbocycles. The molecule has 24 heavy (non-hydrogen) atoms. The van der Waals surface area contributed by atoms with E-state index in [1.165, 1.54) is 7.11 Å². The zero-order valence-corrected chi connectivity index (χ0v) is 16.5. The van der Waals surface area contributed by atoms with E-state index in [0.717, 1.165) is 31.4 Å². The van der Waals surface area contributed by atoms with Crippen molar-refractivity contribution in [2.24, 2.45) is 0 Å². The van der Waals surface area contributed by atoms with Gasteiger partial charge in [-0.25, -0.2) is 9.59 Å². The Kier molecular flexibility index (Phi) is 10.0. The average Bonchev–Trinajstić information content (AvgIpc) is 2.49. The summed E-state index contributed by atoms with van der Waals surface area (Å²) in [5, 5.41) is 0. The van der Waals surface area contributed by atoms with Crippen LogP contribution < -0.4 is 0 Å². The highest BCUT2D eigenvalue weighted by molar-refractivity contribution is 6.76. The van der Waals surface area contributed by atoms with Gasteiger partial charge in [0, 0.05) is 21.5 Å². The Bertz CT molecular complexity index is 458. The first-order valence-electron chi connectivity index (χ1n) is 7.87. The molecule has 1 amide bonds. The molecule has 138 valence electrons. The number of allylic oxidation sites excluding steroid dienone is 2. The van der Waals surface area contributed by atoms with Crippen LogP contribution in [0.15, 0.2) is 12.2 Å². The molecule has 0 N–H and O–H groups in total. The van der Waals surface area contributed by atoms with Gasteiger partial charge in [-0.05, 0) is 18.9 Å². The lowest BCUT2D eigenvalue weighted by molar-refractivity contribution is -0.176. The van der Waals surface area contributed by atoms with Crippen molar-refractivity contribution >= 4 is 26.1 Å². The summed E-state index contributed by atoms with van der Waals surface area (Å²) in [4.78, 5) is 35.9. The first-order chi connectivity index (χ1) is 11.1. The minimum Gasteiger partial charge on any atom is -0.465 e. The Hall–Kier alpha value is -1.83. The fourth-order valence-electron chi connectivity index (χ4n) is 1.85. The number of carbonyl (C=O) groups excluding carboxylic acids is 3. The lowest BCUT2D eigenvalue weighted by Gasteiger charge is -2.27. The van der Waals surface area contributed by atoms with Crippen LogP contribution in [0.25, 0.3) is 0 Å². The van der Waals surface area contributed by atoms with E-state index in [1.54, 1.807) is 0 Å². The summed E-state index contributed by atoms with van der Waals surface area (Å²) in [6.07, 6.45) is 3.37. The zero-order valence-electron chi connectivity index (χ0n) is 15.5. The first kappa shape index (κ1) is 22.2. The Morgan fingerprint density at radius 3 is 2.17 bits per heavy atom. The second-order valence-corrected chi connectivity index (χ2v) is 12.1. The molecule has 0 aliphatic carbocycles. The molecule has 0 aliphatic rings. The molecule has 0 spiro atoms. The number of amides is 1. The molecule has 1 unspecified atom stereocenters. The van der Waals surface area contributed by atoms with Crippen molar-refractivity contribution in [1.82, 2.24) is 4.90 Å². The van der Waals surface area contributed by atoms with E-state index in [9.17, 15) is 14.4 Å². The lowest BCUT2D eigenvalue weighted by Crippen LogP contribution is -2.48. The van der Waals surface area contributed by atoms with Crippen LogP contribution in [0.3, 0.4) is 0 Å². The van der Waals surface area contributed by atoms with Gasteiger partial charge in [0.15, 0.2) is 0 Å². The summed E-state index contributed by atoms with van der Waals surface area (Å²) in [7, 11) is 1.25. The predicted molar refractivity (Wildman–Crippen MR) is 93.2 cm³/mol. The minimum atomic E-state index is -1.44. The van der Waals surface area contributed by atoms with Gasteiger partial charge in [-0.15, -0.1) is 0 Å². The van der Waals surface area contributed by atoms with Gasteiger partial charge >= 0.3 is 18.0 Å². The van der Waals surface area contributed by atoms with Crippen LogP contribution in [0, 0.1) is 0 Å². The number of nitrogens with zero attached hydrogens (tertiary/aromatic N) is 1. The summed E-state index contributed by atoms with van der Waals surface area (Å²) in [6.45, 7) is 8.23. The first-order valence-corrected chi connectivity index (χ1v) is 11.6. The van der Waals surface area contributed by atoms with Crippen molar-refractivity contribution < 1.29 is 28.6 Å². The quantitative estimate of drug-likeness (QED) is 0.157. The van der Waals surface area contributed by atoms with E-state index >= 15 is 0 Å². The zero-order chi connectivity index (χ0) is 18.8. The number of esters is 2. The largest absolute Gasteiger partial charge is 0.465 e. The van der Waals surface area contributed by atoms with Gasteiger partial charge in [-0.1, -0.05) is 31.8 Å². The highest BCUT2D eigenvalue weighted by atomic mass is 28.3. The van der Waals surface area contributed by atoms with Crippen LogP contribution in [0.1, 0.15) is 19.8 Å². The number of hydrogen-bond acceptors (Lipinski definition) is 6. The number of rotatable bonds is 9. The second kappa shape index (κ2) is 10.9. The van der Waals surface area contributed by atoms with Gasteiger partial charge < -0.3 is 14.2 Å². The van der Waals surface area contributed by atoms with Gasteiger partial charge in [-0.3, -0.25) is 9.69 Å². The summed E-state index contributed by atoms with van der Waals surface area (Å²) in [5.74, 6) is -1.51. The topological polar surface area (TPSA) is 82.1 Å². The number of methoxy groups -OCH3 is 2. The van der Waals surface area contributed by atoms with Crippen molar-refractivity contribution in [1.29, 1.82) is 0 Å². The van der Waals surface area contributed by atoms with Gasteiger partial charge in [0.05, 0.1) is 14.2 Å². The molecule has 0 rings (SSSR count). The Morgan fingerprint density at radius 2 is 1.71 bits per heavy atom. The predicted octanol–water partition coefficient (Wildman–Crippen LogP) is 2.79. The van der Waals surface area contributed by atoms with E-state index in [0.29, 0.717) is 6.42 Å². The van der Waals surface area contributed by atoms with Crippen LogP contribution in [0.4, 0.5) is 4.79 Å². The molecule has 0 saturated carbocycles. The molecule has 7 nitrogen and oxygen atoms in total. The Morgan fingerprint density at radius 1 is 1.08 bits per heavy atom. The smallest absolute Gasteiger partial charge is 0.412 e. The maximum atomic E-state index is 11.9. The van der Waals surface area contributed by atoms with E-state index in [4.69, 9.17) is 4.74 Å². The van der Waals surface area contributed by atoms with Gasteiger partial charge in [0.1, 0.15) is 0 Å². The molecule has 8 heteroatoms. The van der Waals surface area contributed by atoms with Crippen molar-refractivity contribution in [3.05, 3.63) is 12.2 Å². The van der Waals surface area contributed by atoms with Crippen LogP contribution in [-0.4, -0.2) is 58.0 Å². The molecule has 0 fully saturated rings. The fraction of sp³-hybridized carbons (Fsp3) is 0.688. The molecule has 0 saturated heterocycles. The summed E-state index contributed by atoms with van der Waals surface area (Å²) in [6, 6.07) is 1.09. The van der Waals surface area contributed by atoms with Gasteiger partial charge in [0.2, 0.25) is 0 Å². The fourth-order valence-corrected chi connectivity index (χ4v) is 2.73. The summed E-state index contributed by atoms with van der Waals surface area (Å²) >= 11 is 0. The van der Waals surface area contributed by atoms with Crippen LogP contribution in [-0.2, 0) is 23.8 Å². The van der Waals surface area contributed by atoms with Crippen LogP contribution in [0.2, 0.25) is 25.7 Å². The van der Waals surface area contributed by atoms with Crippen LogP contribution >= 0.6 is 0 Å². The standard InChI is InChI=1S/C16H29NO6Si/c1-13(18)23-14(15(19)21-2)17(16(20)22-3)11-9-7-8-10-12-24(4,5)6/h8,10,14H,7,9,11-12H2,1-6H3/b10-8-. The van der Waals surface area contributed by atoms with E-state index < -0.39 is 32.3 Å². The van der Waals surface area contributed by atoms with Gasteiger partial charge in [0.25, 0.3) is 6.23 Å². The Labute approximate surface area is 144 Å². The average molecular weight is 359 g/mol. The number of unbranched alkanes of at least 4 members (excludes halogenated alkanes) is 1. The van der Waals surface area contributed by atoms with Crippen molar-refractivity contribution in [2.75, 3.05) is 20.8 Å². The Balaban J connectivity index is 4.78. The maximum Gasteiger partial charge on any atom is 0.412 e. The third-order valence-electron chi connectivity index (χ3n) is 3.04. The highest BCUT2D eigenvalue weighted by Crippen LogP contribution is 2.11. The van der Waals surface area contributed by atoms with Crippen LogP contribution in [0.5, 0.6) is 0 Å². The molecule has 0 radical (unpaired) electrons. The SMILES string of the molecule is COC(=O)C(OC(C)=O)N(CCC/C=C\C[Si](C)(C)C)C(=O)OC. The molecule has 1 atom stereocenters. The number of carbonyl (C=O) groups is 3. The molecule has 0 heterocycles. The monoisotopic (exact) mass is 359 g/mol. The van der Waals surface area contributed by atoms with Gasteiger partial charge in [-0.2, -0.15) is 0 Å². The van der Waals surface area contributed by atoms with E-state index in [2.05, 4.69) is 41.3 Å². The van der Waals surface area contributed by atoms with E-state index in [-0.39, 0.29) is 6.54 Å². The third kappa shape index (κ3) is 9.34. The molecule has 0 bridgehead atoms. The summed E-state index contributed by atoms with van der Waals surface area (Å²) < 4.78 is 14.2. The molecule has 0 aromatic rings. The molecular formula is C16H29NO6Si. The van der Waals surface area contributed by atoms with Crippen molar-refractivity contribution in [3.63, 3.8) is 0 Å². The number of ether oxygens (including phenoxy) is 3. The number of hydrogen-bond donors (Lipinski definition) is 0. The van der Waals surface area contributed by atoms with E-state index in [1.807, 2.05) is 0 Å². The highest BCUT2D eigenvalue weighted by Gasteiger charge is 2.33. The lowest BCUT2D eigenvalue weighted by atomic mass is 10.2. The minimum absolute atomic E-state index is 0.205. The molecular weight excluding hydrogens is 330 g/mol. The third-order valence-corrected chi connectivity index (χ3v) is 4.50. The second-order valence-electron chi connectivity index (χ2n) is 6.53. The summed E-state index contributed by atoms with van der Waals surface area (Å²) in [5.41, 5.74) is 0. The van der Waals surface area contributed by atoms with Crippen molar-refractivity contribution in [3.8, 4) is 0 Å². The normalized spacial score (nSPS) is 12.6. The molecule has 0 aromatic heterocycles.